The Labute approximate surface area is 49.0 Å². The maximum Gasteiger partial charge on any atom is 0.0390 e. The van der Waals surface area contributed by atoms with Gasteiger partial charge in [0.25, 0.3) is 0 Å². The molecule has 0 aromatic rings. The Balaban J connectivity index is 3.34. The molecule has 7 heavy (non-hydrogen) atoms. The highest BCUT2D eigenvalue weighted by Crippen LogP contribution is 2.04. The lowest BCUT2D eigenvalue weighted by atomic mass is 10.3. The van der Waals surface area contributed by atoms with Crippen molar-refractivity contribution in [2.24, 2.45) is 0 Å². The van der Waals surface area contributed by atoms with Crippen molar-refractivity contribution in [2.75, 3.05) is 6.26 Å². The van der Waals surface area contributed by atoms with E-state index in [1.807, 2.05) is 20.1 Å². The summed E-state index contributed by atoms with van der Waals surface area (Å²) in [4.78, 5) is 0. The van der Waals surface area contributed by atoms with Gasteiger partial charge in [0, 0.05) is 11.0 Å². The first-order valence-electron chi connectivity index (χ1n) is 2.26. The van der Waals surface area contributed by atoms with E-state index in [0.717, 1.165) is 5.71 Å². The average Bonchev–Trinajstić information content (AvgIpc) is 1.65. The lowest BCUT2D eigenvalue weighted by Gasteiger charge is -2.01. The Kier molecular flexibility index (Phi) is 3.09. The molecule has 0 aromatic carbocycles. The van der Waals surface area contributed by atoms with Crippen LogP contribution in [-0.4, -0.2) is 17.2 Å². The van der Waals surface area contributed by atoms with E-state index in [9.17, 15) is 0 Å². The zero-order valence-electron chi connectivity index (χ0n) is 4.99. The zero-order valence-corrected chi connectivity index (χ0v) is 5.80. The second-order valence-corrected chi connectivity index (χ2v) is 2.74. The van der Waals surface area contributed by atoms with E-state index in [-0.39, 0.29) is 0 Å². The largest absolute Gasteiger partial charge is 0.309 e. The molecule has 0 saturated carbocycles. The summed E-state index contributed by atoms with van der Waals surface area (Å²) in [6.07, 6.45) is 2.02. The molecule has 0 amide bonds. The van der Waals surface area contributed by atoms with Gasteiger partial charge in [0.1, 0.15) is 0 Å². The highest BCUT2D eigenvalue weighted by atomic mass is 32.2. The third kappa shape index (κ3) is 2.68. The van der Waals surface area contributed by atoms with Crippen LogP contribution in [0.3, 0.4) is 0 Å². The first-order chi connectivity index (χ1) is 3.18. The van der Waals surface area contributed by atoms with E-state index >= 15 is 0 Å². The van der Waals surface area contributed by atoms with Crippen LogP contribution in [0.25, 0.3) is 0 Å². The van der Waals surface area contributed by atoms with Gasteiger partial charge in [-0.1, -0.05) is 0 Å². The Morgan fingerprint density at radius 2 is 2.14 bits per heavy atom. The molecule has 1 N–H and O–H groups in total. The van der Waals surface area contributed by atoms with E-state index in [1.165, 1.54) is 0 Å². The second kappa shape index (κ2) is 3.08. The summed E-state index contributed by atoms with van der Waals surface area (Å²) in [6, 6.07) is 0. The third-order valence-electron chi connectivity index (χ3n) is 0.963. The van der Waals surface area contributed by atoms with Crippen molar-refractivity contribution in [3.05, 3.63) is 0 Å². The molecule has 0 aromatic heterocycles. The lowest BCUT2D eigenvalue weighted by molar-refractivity contribution is 1.25. The van der Waals surface area contributed by atoms with Crippen molar-refractivity contribution in [3.63, 3.8) is 0 Å². The molecule has 0 saturated heterocycles. The molecule has 2 heteroatoms. The van der Waals surface area contributed by atoms with Gasteiger partial charge in [-0.15, -0.1) is 0 Å². The monoisotopic (exact) mass is 117 g/mol. The number of rotatable bonds is 2. The minimum atomic E-state index is 0.403. The topological polar surface area (TPSA) is 23.9 Å². The van der Waals surface area contributed by atoms with Gasteiger partial charge in [0.15, 0.2) is 0 Å². The molecule has 0 radical (unpaired) electrons. The van der Waals surface area contributed by atoms with Crippen LogP contribution in [0.15, 0.2) is 0 Å². The Morgan fingerprint density at radius 3 is 2.14 bits per heavy atom. The first kappa shape index (κ1) is 7.02. The van der Waals surface area contributed by atoms with Crippen molar-refractivity contribution in [1.29, 1.82) is 5.41 Å². The Morgan fingerprint density at radius 1 is 1.71 bits per heavy atom. The third-order valence-corrected chi connectivity index (χ3v) is 2.02. The number of hydrogen-bond acceptors (Lipinski definition) is 2. The fraction of sp³-hybridized carbons (Fsp3) is 0.800. The summed E-state index contributed by atoms with van der Waals surface area (Å²) < 4.78 is 0. The van der Waals surface area contributed by atoms with Crippen molar-refractivity contribution in [1.82, 2.24) is 0 Å². The molecule has 0 bridgehead atoms. The number of nitrogens with one attached hydrogen (secondary N) is 1. The highest BCUT2D eigenvalue weighted by Gasteiger charge is 1.97. The van der Waals surface area contributed by atoms with Crippen LogP contribution >= 0.6 is 11.8 Å². The lowest BCUT2D eigenvalue weighted by Crippen LogP contribution is -2.05. The van der Waals surface area contributed by atoms with Crippen LogP contribution in [0.1, 0.15) is 13.8 Å². The van der Waals surface area contributed by atoms with E-state index < -0.39 is 0 Å². The van der Waals surface area contributed by atoms with E-state index in [2.05, 4.69) is 0 Å². The summed E-state index contributed by atoms with van der Waals surface area (Å²) in [5.41, 5.74) is 0.757. The van der Waals surface area contributed by atoms with Gasteiger partial charge < -0.3 is 5.41 Å². The molecule has 0 heterocycles. The molecular formula is C5H11NS. The SMILES string of the molecule is CSC(C)C(C)=N. The predicted octanol–water partition coefficient (Wildman–Crippen LogP) is 1.78. The van der Waals surface area contributed by atoms with Gasteiger partial charge in [-0.05, 0) is 20.1 Å². The molecule has 0 spiro atoms. The van der Waals surface area contributed by atoms with Crippen molar-refractivity contribution in [3.8, 4) is 0 Å². The molecule has 0 aliphatic rings. The van der Waals surface area contributed by atoms with Crippen LogP contribution in [0.4, 0.5) is 0 Å². The molecule has 0 fully saturated rings. The molecule has 1 atom stereocenters. The quantitative estimate of drug-likeness (QED) is 0.548. The van der Waals surface area contributed by atoms with Crippen molar-refractivity contribution in [2.45, 2.75) is 19.1 Å². The fourth-order valence-electron chi connectivity index (χ4n) is 0.177. The standard InChI is InChI=1S/C5H11NS/c1-4(6)5(2)7-3/h5-6H,1-3H3. The van der Waals surface area contributed by atoms with E-state index in [0.29, 0.717) is 5.25 Å². The van der Waals surface area contributed by atoms with E-state index in [1.54, 1.807) is 11.8 Å². The number of thioether (sulfide) groups is 1. The van der Waals surface area contributed by atoms with Crippen molar-refractivity contribution < 1.29 is 0 Å². The summed E-state index contributed by atoms with van der Waals surface area (Å²) in [5, 5.41) is 7.48. The molecule has 42 valence electrons. The van der Waals surface area contributed by atoms with Crippen LogP contribution in [0.2, 0.25) is 0 Å². The maximum atomic E-state index is 7.08. The summed E-state index contributed by atoms with van der Waals surface area (Å²) in [5.74, 6) is 0. The minimum Gasteiger partial charge on any atom is -0.309 e. The molecule has 0 aliphatic carbocycles. The van der Waals surface area contributed by atoms with Crippen LogP contribution < -0.4 is 0 Å². The average molecular weight is 117 g/mol. The summed E-state index contributed by atoms with van der Waals surface area (Å²) >= 11 is 1.71. The molecule has 1 unspecified atom stereocenters. The molecule has 1 nitrogen and oxygen atoms in total. The molecule has 0 aliphatic heterocycles. The molecule has 0 rings (SSSR count). The van der Waals surface area contributed by atoms with Crippen LogP contribution in [-0.2, 0) is 0 Å². The highest BCUT2D eigenvalue weighted by molar-refractivity contribution is 7.99. The summed E-state index contributed by atoms with van der Waals surface area (Å²) in [7, 11) is 0. The Hall–Kier alpha value is 0.0200. The minimum absolute atomic E-state index is 0.403. The fourth-order valence-corrected chi connectivity index (χ4v) is 0.530. The van der Waals surface area contributed by atoms with Gasteiger partial charge >= 0.3 is 0 Å². The van der Waals surface area contributed by atoms with Gasteiger partial charge in [0.2, 0.25) is 0 Å². The normalized spacial score (nSPS) is 13.6. The second-order valence-electron chi connectivity index (χ2n) is 1.56. The van der Waals surface area contributed by atoms with Gasteiger partial charge in [-0.2, -0.15) is 11.8 Å². The smallest absolute Gasteiger partial charge is 0.0390 e. The van der Waals surface area contributed by atoms with Crippen LogP contribution in [0, 0.1) is 5.41 Å². The zero-order chi connectivity index (χ0) is 5.86. The first-order valence-corrected chi connectivity index (χ1v) is 3.55. The van der Waals surface area contributed by atoms with Gasteiger partial charge in [-0.3, -0.25) is 0 Å². The summed E-state index contributed by atoms with van der Waals surface area (Å²) in [6.45, 7) is 3.87. The Bertz CT molecular complexity index is 70.5. The van der Waals surface area contributed by atoms with E-state index in [4.69, 9.17) is 5.41 Å². The maximum absolute atomic E-state index is 7.08. The van der Waals surface area contributed by atoms with Crippen LogP contribution in [0.5, 0.6) is 0 Å². The van der Waals surface area contributed by atoms with Crippen molar-refractivity contribution >= 4 is 17.5 Å². The number of hydrogen-bond donors (Lipinski definition) is 1. The van der Waals surface area contributed by atoms with Gasteiger partial charge in [-0.25, -0.2) is 0 Å². The molecular weight excluding hydrogens is 106 g/mol. The predicted molar refractivity (Wildman–Crippen MR) is 36.4 cm³/mol. The van der Waals surface area contributed by atoms with Gasteiger partial charge in [0.05, 0.1) is 0 Å².